The minimum atomic E-state index is -0.239. The monoisotopic (exact) mass is 245 g/mol. The maximum Gasteiger partial charge on any atom is 0.339 e. The van der Waals surface area contributed by atoms with Gasteiger partial charge in [0.2, 0.25) is 0 Å². The zero-order chi connectivity index (χ0) is 13.4. The van der Waals surface area contributed by atoms with E-state index in [0.717, 1.165) is 28.5 Å². The van der Waals surface area contributed by atoms with Crippen LogP contribution < -0.4 is 11.4 Å². The number of fused-ring (bicyclic) bond motifs is 1. The number of hydrogen-bond acceptors (Lipinski definition) is 3. The van der Waals surface area contributed by atoms with E-state index in [1.54, 1.807) is 6.07 Å². The molecule has 0 aliphatic rings. The molecule has 0 bridgehead atoms. The number of nitrogens with two attached hydrogens (primary N) is 1. The molecule has 1 aromatic heterocycles. The first-order valence-electron chi connectivity index (χ1n) is 6.22. The summed E-state index contributed by atoms with van der Waals surface area (Å²) in [6.07, 6.45) is 0.744. The number of benzene rings is 1. The minimum absolute atomic E-state index is 0.239. The largest absolute Gasteiger partial charge is 0.422 e. The van der Waals surface area contributed by atoms with Crippen LogP contribution in [0.25, 0.3) is 11.0 Å². The molecule has 2 N–H and O–H groups in total. The fourth-order valence-electron chi connectivity index (χ4n) is 2.20. The topological polar surface area (TPSA) is 56.2 Å². The third-order valence-corrected chi connectivity index (χ3v) is 3.29. The molecular formula is C15H19NO2. The average Bonchev–Trinajstić information content (AvgIpc) is 2.27. The summed E-state index contributed by atoms with van der Waals surface area (Å²) in [7, 11) is 0. The van der Waals surface area contributed by atoms with E-state index in [1.165, 1.54) is 0 Å². The van der Waals surface area contributed by atoms with Crippen LogP contribution in [0, 0.1) is 19.8 Å². The van der Waals surface area contributed by atoms with E-state index in [1.807, 2.05) is 19.9 Å². The van der Waals surface area contributed by atoms with Gasteiger partial charge in [-0.2, -0.15) is 0 Å². The molecule has 0 spiro atoms. The predicted molar refractivity (Wildman–Crippen MR) is 74.9 cm³/mol. The van der Waals surface area contributed by atoms with E-state index in [-0.39, 0.29) is 5.63 Å². The Morgan fingerprint density at radius 3 is 2.56 bits per heavy atom. The molecule has 1 heterocycles. The van der Waals surface area contributed by atoms with Gasteiger partial charge in [-0.25, -0.2) is 4.79 Å². The fraction of sp³-hybridized carbons (Fsp3) is 0.400. The molecule has 0 amide bonds. The van der Waals surface area contributed by atoms with Crippen molar-refractivity contribution >= 4 is 16.7 Å². The van der Waals surface area contributed by atoms with Crippen molar-refractivity contribution in [3.05, 3.63) is 39.2 Å². The van der Waals surface area contributed by atoms with Gasteiger partial charge in [-0.3, -0.25) is 0 Å². The van der Waals surface area contributed by atoms with E-state index in [4.69, 9.17) is 10.2 Å². The molecule has 96 valence electrons. The first-order chi connectivity index (χ1) is 8.40. The van der Waals surface area contributed by atoms with Crippen LogP contribution in [-0.4, -0.2) is 0 Å². The molecule has 3 nitrogen and oxygen atoms in total. The maximum absolute atomic E-state index is 12.0. The molecule has 3 heteroatoms. The number of aryl methyl sites for hydroxylation is 2. The molecule has 2 rings (SSSR count). The quantitative estimate of drug-likeness (QED) is 0.653. The lowest BCUT2D eigenvalue weighted by Gasteiger charge is -2.11. The molecule has 0 aliphatic carbocycles. The summed E-state index contributed by atoms with van der Waals surface area (Å²) in [5.74, 6) is 0.430. The summed E-state index contributed by atoms with van der Waals surface area (Å²) in [5.41, 5.74) is 9.64. The van der Waals surface area contributed by atoms with E-state index >= 15 is 0 Å². The first-order valence-corrected chi connectivity index (χ1v) is 6.22. The number of anilines is 1. The smallest absolute Gasteiger partial charge is 0.339 e. The van der Waals surface area contributed by atoms with Crippen LogP contribution in [0.2, 0.25) is 0 Å². The summed E-state index contributed by atoms with van der Waals surface area (Å²) in [6, 6.07) is 3.73. The van der Waals surface area contributed by atoms with Crippen molar-refractivity contribution in [2.24, 2.45) is 5.92 Å². The van der Waals surface area contributed by atoms with Crippen LogP contribution in [0.4, 0.5) is 5.69 Å². The molecule has 0 radical (unpaired) electrons. The number of rotatable bonds is 2. The van der Waals surface area contributed by atoms with Gasteiger partial charge in [0.15, 0.2) is 0 Å². The highest BCUT2D eigenvalue weighted by atomic mass is 16.4. The van der Waals surface area contributed by atoms with Crippen LogP contribution in [-0.2, 0) is 6.42 Å². The van der Waals surface area contributed by atoms with Crippen LogP contribution >= 0.6 is 0 Å². The zero-order valence-electron chi connectivity index (χ0n) is 11.3. The highest BCUT2D eigenvalue weighted by Crippen LogP contribution is 2.25. The Balaban J connectivity index is 2.76. The lowest BCUT2D eigenvalue weighted by molar-refractivity contribution is 0.533. The van der Waals surface area contributed by atoms with E-state index in [9.17, 15) is 4.79 Å². The second kappa shape index (κ2) is 4.48. The van der Waals surface area contributed by atoms with Gasteiger partial charge >= 0.3 is 5.63 Å². The normalized spacial score (nSPS) is 11.4. The standard InChI is InChI=1S/C15H19NO2/c1-8(2)5-12-10(4)11-6-9(3)13(16)7-14(11)18-15(12)17/h6-8H,5,16H2,1-4H3. The van der Waals surface area contributed by atoms with Gasteiger partial charge < -0.3 is 10.2 Å². The molecule has 2 aromatic rings. The lowest BCUT2D eigenvalue weighted by atomic mass is 9.97. The Bertz CT molecular complexity index is 654. The summed E-state index contributed by atoms with van der Waals surface area (Å²) in [6.45, 7) is 8.13. The van der Waals surface area contributed by atoms with E-state index < -0.39 is 0 Å². The highest BCUT2D eigenvalue weighted by Gasteiger charge is 2.13. The van der Waals surface area contributed by atoms with Gasteiger partial charge in [-0.1, -0.05) is 13.8 Å². The van der Waals surface area contributed by atoms with E-state index in [2.05, 4.69) is 13.8 Å². The van der Waals surface area contributed by atoms with Gasteiger partial charge in [0.1, 0.15) is 5.58 Å². The van der Waals surface area contributed by atoms with Crippen molar-refractivity contribution in [2.45, 2.75) is 34.1 Å². The zero-order valence-corrected chi connectivity index (χ0v) is 11.3. The molecule has 0 unspecified atom stereocenters. The van der Waals surface area contributed by atoms with Crippen molar-refractivity contribution in [3.8, 4) is 0 Å². The SMILES string of the molecule is Cc1cc2c(C)c(CC(C)C)c(=O)oc2cc1N. The summed E-state index contributed by atoms with van der Waals surface area (Å²) in [5, 5.41) is 0.983. The van der Waals surface area contributed by atoms with Gasteiger partial charge in [0, 0.05) is 22.7 Å². The average molecular weight is 245 g/mol. The number of nitrogen functional groups attached to an aromatic ring is 1. The summed E-state index contributed by atoms with van der Waals surface area (Å²) < 4.78 is 5.37. The Kier molecular flexibility index (Phi) is 3.16. The third kappa shape index (κ3) is 2.13. The molecule has 1 aromatic carbocycles. The van der Waals surface area contributed by atoms with Crippen LogP contribution in [0.3, 0.4) is 0 Å². The van der Waals surface area contributed by atoms with Gasteiger partial charge in [-0.15, -0.1) is 0 Å². The molecular weight excluding hydrogens is 226 g/mol. The molecule has 0 saturated carbocycles. The number of hydrogen-bond donors (Lipinski definition) is 1. The van der Waals surface area contributed by atoms with Crippen molar-refractivity contribution < 1.29 is 4.42 Å². The fourth-order valence-corrected chi connectivity index (χ4v) is 2.20. The third-order valence-electron chi connectivity index (χ3n) is 3.29. The second-order valence-corrected chi connectivity index (χ2v) is 5.30. The molecule has 0 saturated heterocycles. The Hall–Kier alpha value is -1.77. The van der Waals surface area contributed by atoms with Gasteiger partial charge in [0.05, 0.1) is 0 Å². The Morgan fingerprint density at radius 1 is 1.28 bits per heavy atom. The van der Waals surface area contributed by atoms with Crippen LogP contribution in [0.1, 0.15) is 30.5 Å². The maximum atomic E-state index is 12.0. The second-order valence-electron chi connectivity index (χ2n) is 5.30. The Labute approximate surface area is 107 Å². The van der Waals surface area contributed by atoms with Crippen molar-refractivity contribution in [1.82, 2.24) is 0 Å². The minimum Gasteiger partial charge on any atom is -0.422 e. The lowest BCUT2D eigenvalue weighted by Crippen LogP contribution is -2.13. The molecule has 0 fully saturated rings. The first kappa shape index (κ1) is 12.7. The van der Waals surface area contributed by atoms with Crippen LogP contribution in [0.15, 0.2) is 21.3 Å². The van der Waals surface area contributed by atoms with Gasteiger partial charge in [-0.05, 0) is 43.4 Å². The molecule has 0 atom stereocenters. The molecule has 0 aliphatic heterocycles. The molecule has 18 heavy (non-hydrogen) atoms. The summed E-state index contributed by atoms with van der Waals surface area (Å²) >= 11 is 0. The summed E-state index contributed by atoms with van der Waals surface area (Å²) in [4.78, 5) is 12.0. The van der Waals surface area contributed by atoms with E-state index in [0.29, 0.717) is 17.2 Å². The van der Waals surface area contributed by atoms with Crippen molar-refractivity contribution in [1.29, 1.82) is 0 Å². The highest BCUT2D eigenvalue weighted by molar-refractivity contribution is 5.85. The predicted octanol–water partition coefficient (Wildman–Crippen LogP) is 3.19. The van der Waals surface area contributed by atoms with Crippen molar-refractivity contribution in [2.75, 3.05) is 5.73 Å². The van der Waals surface area contributed by atoms with Crippen LogP contribution in [0.5, 0.6) is 0 Å². The Morgan fingerprint density at radius 2 is 1.94 bits per heavy atom. The van der Waals surface area contributed by atoms with Gasteiger partial charge in [0.25, 0.3) is 0 Å². The van der Waals surface area contributed by atoms with Crippen molar-refractivity contribution in [3.63, 3.8) is 0 Å².